The molecule has 2 heterocycles. The highest BCUT2D eigenvalue weighted by Crippen LogP contribution is 2.45. The number of carbonyl (C=O) groups is 1. The predicted molar refractivity (Wildman–Crippen MR) is 112 cm³/mol. The first kappa shape index (κ1) is 18.5. The Morgan fingerprint density at radius 3 is 2.48 bits per heavy atom. The molecule has 2 aliphatic rings. The Morgan fingerprint density at radius 1 is 1.22 bits per heavy atom. The van der Waals surface area contributed by atoms with Gasteiger partial charge in [-0.1, -0.05) is 26.0 Å². The van der Waals surface area contributed by atoms with Crippen LogP contribution in [-0.4, -0.2) is 49.2 Å². The fourth-order valence-corrected chi connectivity index (χ4v) is 5.48. The van der Waals surface area contributed by atoms with Gasteiger partial charge in [-0.05, 0) is 62.0 Å². The maximum atomic E-state index is 12.1. The normalized spacial score (nSPS) is 19.1. The summed E-state index contributed by atoms with van der Waals surface area (Å²) >= 11 is 1.68. The van der Waals surface area contributed by atoms with E-state index in [0.29, 0.717) is 11.6 Å². The summed E-state index contributed by atoms with van der Waals surface area (Å²) in [5.41, 5.74) is 4.03. The van der Waals surface area contributed by atoms with E-state index in [0.717, 1.165) is 48.4 Å². The van der Waals surface area contributed by atoms with Gasteiger partial charge in [-0.25, -0.2) is 4.79 Å². The SMILES string of the molecule is CN(C)C1CN(c2ccc(-c3sc4c(c3C(=O)O)CC(C)(C)CC4)cc2)C1. The molecule has 5 heteroatoms. The number of hydrogen-bond donors (Lipinski definition) is 1. The van der Waals surface area contributed by atoms with Gasteiger partial charge in [0.15, 0.2) is 0 Å². The van der Waals surface area contributed by atoms with Crippen molar-refractivity contribution in [2.75, 3.05) is 32.1 Å². The van der Waals surface area contributed by atoms with Gasteiger partial charge in [0.1, 0.15) is 0 Å². The van der Waals surface area contributed by atoms with Gasteiger partial charge < -0.3 is 14.9 Å². The van der Waals surface area contributed by atoms with Crippen LogP contribution in [0, 0.1) is 5.41 Å². The van der Waals surface area contributed by atoms with Crippen molar-refractivity contribution in [3.8, 4) is 10.4 Å². The third-order valence-electron chi connectivity index (χ3n) is 6.08. The van der Waals surface area contributed by atoms with Crippen molar-refractivity contribution in [2.45, 2.75) is 39.2 Å². The Balaban J connectivity index is 1.62. The van der Waals surface area contributed by atoms with Gasteiger partial charge >= 0.3 is 5.97 Å². The summed E-state index contributed by atoms with van der Waals surface area (Å²) in [4.78, 5) is 18.9. The third kappa shape index (κ3) is 3.39. The first-order chi connectivity index (χ1) is 12.7. The Hall–Kier alpha value is -1.85. The topological polar surface area (TPSA) is 43.8 Å². The maximum Gasteiger partial charge on any atom is 0.337 e. The minimum atomic E-state index is -0.791. The monoisotopic (exact) mass is 384 g/mol. The highest BCUT2D eigenvalue weighted by Gasteiger charge is 2.33. The van der Waals surface area contributed by atoms with E-state index in [1.54, 1.807) is 11.3 Å². The molecule has 4 rings (SSSR count). The zero-order valence-corrected chi connectivity index (χ0v) is 17.4. The Morgan fingerprint density at radius 2 is 1.89 bits per heavy atom. The van der Waals surface area contributed by atoms with Gasteiger partial charge in [0.05, 0.1) is 5.56 Å². The van der Waals surface area contributed by atoms with Crippen molar-refractivity contribution in [3.63, 3.8) is 0 Å². The summed E-state index contributed by atoms with van der Waals surface area (Å²) in [5, 5.41) is 9.91. The second kappa shape index (κ2) is 6.64. The molecule has 27 heavy (non-hydrogen) atoms. The van der Waals surface area contributed by atoms with Gasteiger partial charge in [0.2, 0.25) is 0 Å². The third-order valence-corrected chi connectivity index (χ3v) is 7.42. The summed E-state index contributed by atoms with van der Waals surface area (Å²) in [5.74, 6) is -0.791. The molecule has 1 aromatic carbocycles. The van der Waals surface area contributed by atoms with Crippen molar-refractivity contribution in [1.82, 2.24) is 4.90 Å². The zero-order chi connectivity index (χ0) is 19.3. The molecular weight excluding hydrogens is 356 g/mol. The van der Waals surface area contributed by atoms with Crippen LogP contribution in [0.4, 0.5) is 5.69 Å². The number of carboxylic acids is 1. The molecule has 0 atom stereocenters. The van der Waals surface area contributed by atoms with Crippen LogP contribution in [0.15, 0.2) is 24.3 Å². The molecule has 1 saturated heterocycles. The van der Waals surface area contributed by atoms with Crippen molar-refractivity contribution >= 4 is 23.0 Å². The molecule has 0 bridgehead atoms. The number of fused-ring (bicyclic) bond motifs is 1. The molecule has 1 aliphatic carbocycles. The standard InChI is InChI=1S/C22H28N2O2S/c1-22(2)10-9-18-17(11-22)19(21(25)26)20(27-18)14-5-7-15(8-6-14)24-12-16(13-24)23(3)4/h5-8,16H,9-13H2,1-4H3,(H,25,26). The molecule has 4 nitrogen and oxygen atoms in total. The van der Waals surface area contributed by atoms with Crippen molar-refractivity contribution in [2.24, 2.45) is 5.41 Å². The molecule has 2 aromatic rings. The van der Waals surface area contributed by atoms with Crippen molar-refractivity contribution < 1.29 is 9.90 Å². The van der Waals surface area contributed by atoms with Crippen molar-refractivity contribution in [3.05, 3.63) is 40.3 Å². The number of anilines is 1. The lowest BCUT2D eigenvalue weighted by Gasteiger charge is -2.44. The second-order valence-corrected chi connectivity index (χ2v) is 10.0. The molecule has 0 unspecified atom stereocenters. The number of rotatable bonds is 4. The summed E-state index contributed by atoms with van der Waals surface area (Å²) < 4.78 is 0. The number of hydrogen-bond acceptors (Lipinski definition) is 4. The number of likely N-dealkylation sites (N-methyl/N-ethyl adjacent to an activating group) is 1. The van der Waals surface area contributed by atoms with Gasteiger partial charge in [-0.15, -0.1) is 11.3 Å². The summed E-state index contributed by atoms with van der Waals surface area (Å²) in [6.07, 6.45) is 2.98. The highest BCUT2D eigenvalue weighted by atomic mass is 32.1. The Bertz CT molecular complexity index is 861. The average Bonchev–Trinajstić information content (AvgIpc) is 2.91. The molecule has 0 radical (unpaired) electrons. The quantitative estimate of drug-likeness (QED) is 0.850. The maximum absolute atomic E-state index is 12.1. The summed E-state index contributed by atoms with van der Waals surface area (Å²) in [6.45, 7) is 6.58. The first-order valence-corrected chi connectivity index (χ1v) is 10.5. The van der Waals surface area contributed by atoms with E-state index in [9.17, 15) is 9.90 Å². The van der Waals surface area contributed by atoms with Gasteiger partial charge in [-0.3, -0.25) is 0 Å². The molecule has 1 aliphatic heterocycles. The summed E-state index contributed by atoms with van der Waals surface area (Å²) in [7, 11) is 4.25. The molecular formula is C22H28N2O2S. The number of thiophene rings is 1. The van der Waals surface area contributed by atoms with E-state index >= 15 is 0 Å². The van der Waals surface area contributed by atoms with E-state index in [1.807, 2.05) is 0 Å². The van der Waals surface area contributed by atoms with E-state index in [2.05, 4.69) is 62.0 Å². The van der Waals surface area contributed by atoms with E-state index < -0.39 is 5.97 Å². The smallest absolute Gasteiger partial charge is 0.337 e. The van der Waals surface area contributed by atoms with Gasteiger partial charge in [0, 0.05) is 34.6 Å². The van der Waals surface area contributed by atoms with Crippen LogP contribution in [0.1, 0.15) is 41.1 Å². The molecule has 1 N–H and O–H groups in total. The zero-order valence-electron chi connectivity index (χ0n) is 16.6. The Kier molecular flexibility index (Phi) is 4.55. The lowest BCUT2D eigenvalue weighted by atomic mass is 9.76. The predicted octanol–water partition coefficient (Wildman–Crippen LogP) is 4.38. The van der Waals surface area contributed by atoms with E-state index in [4.69, 9.17) is 0 Å². The number of nitrogens with zero attached hydrogens (tertiary/aromatic N) is 2. The number of benzene rings is 1. The lowest BCUT2D eigenvalue weighted by Crippen LogP contribution is -2.57. The molecule has 144 valence electrons. The Labute approximate surface area is 165 Å². The largest absolute Gasteiger partial charge is 0.478 e. The molecule has 1 fully saturated rings. The van der Waals surface area contributed by atoms with E-state index in [-0.39, 0.29) is 5.41 Å². The van der Waals surface area contributed by atoms with Crippen LogP contribution in [0.3, 0.4) is 0 Å². The van der Waals surface area contributed by atoms with Crippen LogP contribution in [-0.2, 0) is 12.8 Å². The fraction of sp³-hybridized carbons (Fsp3) is 0.500. The first-order valence-electron chi connectivity index (χ1n) is 9.65. The second-order valence-electron chi connectivity index (χ2n) is 8.92. The minimum absolute atomic E-state index is 0.180. The molecule has 0 amide bonds. The van der Waals surface area contributed by atoms with Gasteiger partial charge in [-0.2, -0.15) is 0 Å². The van der Waals surface area contributed by atoms with Crippen LogP contribution in [0.2, 0.25) is 0 Å². The minimum Gasteiger partial charge on any atom is -0.478 e. The van der Waals surface area contributed by atoms with Crippen LogP contribution < -0.4 is 4.90 Å². The van der Waals surface area contributed by atoms with Crippen LogP contribution in [0.5, 0.6) is 0 Å². The number of carboxylic acid groups (broad SMARTS) is 1. The molecule has 0 spiro atoms. The van der Waals surface area contributed by atoms with Crippen molar-refractivity contribution in [1.29, 1.82) is 0 Å². The average molecular weight is 385 g/mol. The number of aryl methyl sites for hydroxylation is 1. The summed E-state index contributed by atoms with van der Waals surface area (Å²) in [6, 6.07) is 9.07. The molecule has 1 aromatic heterocycles. The highest BCUT2D eigenvalue weighted by molar-refractivity contribution is 7.16. The van der Waals surface area contributed by atoms with Crippen LogP contribution in [0.25, 0.3) is 10.4 Å². The van der Waals surface area contributed by atoms with E-state index in [1.165, 1.54) is 10.6 Å². The fourth-order valence-electron chi connectivity index (χ4n) is 4.17. The van der Waals surface area contributed by atoms with Gasteiger partial charge in [0.25, 0.3) is 0 Å². The number of aromatic carboxylic acids is 1. The lowest BCUT2D eigenvalue weighted by molar-refractivity contribution is 0.0696. The molecule has 0 saturated carbocycles. The van der Waals surface area contributed by atoms with Crippen LogP contribution >= 0.6 is 11.3 Å².